The highest BCUT2D eigenvalue weighted by atomic mass is 16.6. The van der Waals surface area contributed by atoms with E-state index in [0.29, 0.717) is 11.5 Å². The van der Waals surface area contributed by atoms with E-state index in [9.17, 15) is 15.2 Å². The van der Waals surface area contributed by atoms with Crippen molar-refractivity contribution in [3.05, 3.63) is 15.8 Å². The summed E-state index contributed by atoms with van der Waals surface area (Å²) in [4.78, 5) is 12.6. The third-order valence-electron chi connectivity index (χ3n) is 3.31. The van der Waals surface area contributed by atoms with E-state index in [1.54, 1.807) is 23.6 Å². The van der Waals surface area contributed by atoms with Gasteiger partial charge in [-0.3, -0.25) is 10.1 Å². The second-order valence-electron chi connectivity index (χ2n) is 5.58. The van der Waals surface area contributed by atoms with Crippen molar-refractivity contribution >= 4 is 11.5 Å². The SMILES string of the molecule is Cc1nn(C(C)C)c(N(C)C(C)(C)CO)c1[N+](=O)[O-]. The highest BCUT2D eigenvalue weighted by Crippen LogP contribution is 2.36. The van der Waals surface area contributed by atoms with Crippen molar-refractivity contribution in [3.8, 4) is 0 Å². The van der Waals surface area contributed by atoms with Gasteiger partial charge in [0.1, 0.15) is 5.69 Å². The first-order valence-electron chi connectivity index (χ1n) is 6.21. The molecule has 0 aliphatic carbocycles. The van der Waals surface area contributed by atoms with E-state index in [2.05, 4.69) is 5.10 Å². The van der Waals surface area contributed by atoms with Crippen molar-refractivity contribution < 1.29 is 10.0 Å². The van der Waals surface area contributed by atoms with Crippen LogP contribution in [0.1, 0.15) is 39.4 Å². The van der Waals surface area contributed by atoms with Gasteiger partial charge in [0.2, 0.25) is 5.82 Å². The van der Waals surface area contributed by atoms with Crippen molar-refractivity contribution in [2.24, 2.45) is 0 Å². The van der Waals surface area contributed by atoms with Crippen molar-refractivity contribution in [1.29, 1.82) is 0 Å². The number of aliphatic hydroxyl groups excluding tert-OH is 1. The Labute approximate surface area is 113 Å². The summed E-state index contributed by atoms with van der Waals surface area (Å²) in [7, 11) is 1.73. The fourth-order valence-electron chi connectivity index (χ4n) is 1.81. The third-order valence-corrected chi connectivity index (χ3v) is 3.31. The number of anilines is 1. The van der Waals surface area contributed by atoms with Gasteiger partial charge in [0, 0.05) is 13.1 Å². The number of nitro groups is 1. The highest BCUT2D eigenvalue weighted by Gasteiger charge is 2.35. The molecule has 1 N–H and O–H groups in total. The van der Waals surface area contributed by atoms with E-state index in [-0.39, 0.29) is 18.3 Å². The van der Waals surface area contributed by atoms with Gasteiger partial charge in [0.25, 0.3) is 0 Å². The van der Waals surface area contributed by atoms with Gasteiger partial charge in [0.05, 0.1) is 17.1 Å². The summed E-state index contributed by atoms with van der Waals surface area (Å²) in [6, 6.07) is -0.000608. The second kappa shape index (κ2) is 5.16. The van der Waals surface area contributed by atoms with Crippen LogP contribution in [0.4, 0.5) is 11.5 Å². The quantitative estimate of drug-likeness (QED) is 0.652. The molecule has 0 amide bonds. The molecule has 0 aliphatic heterocycles. The zero-order valence-corrected chi connectivity index (χ0v) is 12.3. The van der Waals surface area contributed by atoms with E-state index in [1.807, 2.05) is 27.7 Å². The molecule has 0 saturated heterocycles. The minimum absolute atomic E-state index is 0.000608. The Bertz CT molecular complexity index is 480. The Hall–Kier alpha value is -1.63. The summed E-state index contributed by atoms with van der Waals surface area (Å²) >= 11 is 0. The van der Waals surface area contributed by atoms with Gasteiger partial charge < -0.3 is 10.0 Å². The summed E-state index contributed by atoms with van der Waals surface area (Å²) in [5, 5.41) is 25.0. The van der Waals surface area contributed by atoms with E-state index < -0.39 is 10.5 Å². The summed E-state index contributed by atoms with van der Waals surface area (Å²) < 4.78 is 1.63. The number of rotatable bonds is 5. The molecule has 1 aromatic heterocycles. The van der Waals surface area contributed by atoms with Crippen LogP contribution < -0.4 is 4.90 Å². The Balaban J connectivity index is 3.50. The molecule has 7 nitrogen and oxygen atoms in total. The summed E-state index contributed by atoms with van der Waals surface area (Å²) in [5.41, 5.74) is -0.226. The van der Waals surface area contributed by atoms with Crippen LogP contribution in [0.5, 0.6) is 0 Å². The van der Waals surface area contributed by atoms with Crippen molar-refractivity contribution in [1.82, 2.24) is 9.78 Å². The topological polar surface area (TPSA) is 84.4 Å². The minimum atomic E-state index is -0.607. The molecule has 1 rings (SSSR count). The monoisotopic (exact) mass is 270 g/mol. The number of nitrogens with zero attached hydrogens (tertiary/aromatic N) is 4. The summed E-state index contributed by atoms with van der Waals surface area (Å²) in [5.74, 6) is 0.427. The number of aliphatic hydroxyl groups is 1. The Kier molecular flexibility index (Phi) is 4.19. The molecule has 0 unspecified atom stereocenters. The average molecular weight is 270 g/mol. The van der Waals surface area contributed by atoms with Crippen LogP contribution in [0, 0.1) is 17.0 Å². The number of aromatic nitrogens is 2. The molecule has 0 aromatic carbocycles. The summed E-state index contributed by atoms with van der Waals surface area (Å²) in [6.45, 7) is 9.00. The van der Waals surface area contributed by atoms with Crippen LogP contribution in [-0.2, 0) is 0 Å². The fourth-order valence-corrected chi connectivity index (χ4v) is 1.81. The molecule has 7 heteroatoms. The molecule has 19 heavy (non-hydrogen) atoms. The van der Waals surface area contributed by atoms with E-state index in [4.69, 9.17) is 0 Å². The zero-order valence-electron chi connectivity index (χ0n) is 12.3. The number of likely N-dealkylation sites (N-methyl/N-ethyl adjacent to an activating group) is 1. The normalized spacial score (nSPS) is 12.0. The molecule has 0 bridgehead atoms. The summed E-state index contributed by atoms with van der Waals surface area (Å²) in [6.07, 6.45) is 0. The lowest BCUT2D eigenvalue weighted by atomic mass is 10.1. The fraction of sp³-hybridized carbons (Fsp3) is 0.750. The Morgan fingerprint density at radius 3 is 2.42 bits per heavy atom. The molecule has 0 radical (unpaired) electrons. The van der Waals surface area contributed by atoms with E-state index in [0.717, 1.165) is 0 Å². The lowest BCUT2D eigenvalue weighted by Gasteiger charge is -2.35. The largest absolute Gasteiger partial charge is 0.394 e. The molecule has 0 saturated carbocycles. The first-order chi connectivity index (χ1) is 8.63. The number of aryl methyl sites for hydroxylation is 1. The third kappa shape index (κ3) is 2.70. The average Bonchev–Trinajstić information content (AvgIpc) is 2.65. The van der Waals surface area contributed by atoms with Gasteiger partial charge >= 0.3 is 5.69 Å². The van der Waals surface area contributed by atoms with Crippen molar-refractivity contribution in [2.45, 2.75) is 46.2 Å². The van der Waals surface area contributed by atoms with E-state index >= 15 is 0 Å². The Morgan fingerprint density at radius 2 is 2.05 bits per heavy atom. The van der Waals surface area contributed by atoms with E-state index in [1.165, 1.54) is 0 Å². The molecule has 0 fully saturated rings. The van der Waals surface area contributed by atoms with Gasteiger partial charge in [0.15, 0.2) is 0 Å². The van der Waals surface area contributed by atoms with Crippen LogP contribution in [0.15, 0.2) is 0 Å². The molecule has 0 spiro atoms. The predicted molar refractivity (Wildman–Crippen MR) is 73.6 cm³/mol. The molecule has 108 valence electrons. The van der Waals surface area contributed by atoms with Crippen LogP contribution in [0.25, 0.3) is 0 Å². The number of hydrogen-bond donors (Lipinski definition) is 1. The van der Waals surface area contributed by atoms with Gasteiger partial charge in [-0.05, 0) is 34.6 Å². The molecular formula is C12H22N4O3. The van der Waals surface area contributed by atoms with Crippen molar-refractivity contribution in [2.75, 3.05) is 18.6 Å². The molecular weight excluding hydrogens is 248 g/mol. The van der Waals surface area contributed by atoms with Crippen molar-refractivity contribution in [3.63, 3.8) is 0 Å². The lowest BCUT2D eigenvalue weighted by molar-refractivity contribution is -0.384. The smallest absolute Gasteiger partial charge is 0.333 e. The van der Waals surface area contributed by atoms with Crippen LogP contribution in [0.2, 0.25) is 0 Å². The van der Waals surface area contributed by atoms with Gasteiger partial charge in [-0.2, -0.15) is 5.10 Å². The minimum Gasteiger partial charge on any atom is -0.394 e. The molecule has 1 aromatic rings. The van der Waals surface area contributed by atoms with Gasteiger partial charge in [-0.25, -0.2) is 4.68 Å². The van der Waals surface area contributed by atoms with Crippen LogP contribution in [0.3, 0.4) is 0 Å². The highest BCUT2D eigenvalue weighted by molar-refractivity contribution is 5.62. The maximum absolute atomic E-state index is 11.3. The first kappa shape index (κ1) is 15.4. The maximum atomic E-state index is 11.3. The van der Waals surface area contributed by atoms with Gasteiger partial charge in [-0.15, -0.1) is 0 Å². The number of hydrogen-bond acceptors (Lipinski definition) is 5. The van der Waals surface area contributed by atoms with Crippen LogP contribution >= 0.6 is 0 Å². The molecule has 0 aliphatic rings. The molecule has 0 atom stereocenters. The Morgan fingerprint density at radius 1 is 1.53 bits per heavy atom. The predicted octanol–water partition coefficient (Wildman–Crippen LogP) is 1.89. The van der Waals surface area contributed by atoms with Crippen LogP contribution in [-0.4, -0.2) is 39.0 Å². The molecule has 1 heterocycles. The first-order valence-corrected chi connectivity index (χ1v) is 6.21. The lowest BCUT2D eigenvalue weighted by Crippen LogP contribution is -2.45. The standard InChI is InChI=1S/C12H22N4O3/c1-8(2)15-11(14(6)12(4,5)7-17)10(16(18)19)9(3)13-15/h8,17H,7H2,1-6H3. The maximum Gasteiger partial charge on any atom is 0.333 e. The second-order valence-corrected chi connectivity index (χ2v) is 5.58. The van der Waals surface area contributed by atoms with Gasteiger partial charge in [-0.1, -0.05) is 0 Å². The zero-order chi connectivity index (χ0) is 15.0.